The van der Waals surface area contributed by atoms with Crippen molar-refractivity contribution in [2.75, 3.05) is 13.2 Å². The van der Waals surface area contributed by atoms with E-state index in [0.29, 0.717) is 0 Å². The molecule has 1 amide bonds. The number of benzene rings is 2. The summed E-state index contributed by atoms with van der Waals surface area (Å²) in [5.74, 6) is 0.137. The highest BCUT2D eigenvalue weighted by Gasteiger charge is 2.51. The molecule has 4 nitrogen and oxygen atoms in total. The number of para-hydroxylation sites is 1. The minimum atomic E-state index is -0.384. The largest absolute Gasteiger partial charge is 0.397 e. The number of H-pyrrole nitrogens is 1. The topological polar surface area (TPSA) is 56.3 Å². The minimum absolute atomic E-state index is 0.137. The average molecular weight is 374 g/mol. The lowest BCUT2D eigenvalue weighted by Gasteiger charge is -2.44. The zero-order chi connectivity index (χ0) is 19.7. The molecule has 4 heteroatoms. The number of rotatable bonds is 2. The molecule has 28 heavy (non-hydrogen) atoms. The molecular formula is C24H26N2O2. The number of carbonyl (C=O) groups excluding carboxylic acids is 1. The van der Waals surface area contributed by atoms with E-state index in [2.05, 4.69) is 65.3 Å². The first kappa shape index (κ1) is 18.5. The predicted octanol–water partition coefficient (Wildman–Crippen LogP) is 3.95. The highest BCUT2D eigenvalue weighted by atomic mass is 16.2. The maximum atomic E-state index is 12.7. The number of aliphatic hydroxyl groups is 1. The van der Waals surface area contributed by atoms with Crippen molar-refractivity contribution in [1.29, 1.82) is 0 Å². The Bertz CT molecular complexity index is 1040. The minimum Gasteiger partial charge on any atom is -0.397 e. The number of hydrogen-bond acceptors (Lipinski definition) is 2. The van der Waals surface area contributed by atoms with Crippen LogP contribution in [0.4, 0.5) is 0 Å². The van der Waals surface area contributed by atoms with Gasteiger partial charge in [-0.15, -0.1) is 0 Å². The van der Waals surface area contributed by atoms with Gasteiger partial charge in [-0.2, -0.15) is 0 Å². The van der Waals surface area contributed by atoms with Crippen LogP contribution >= 0.6 is 0 Å². The number of aliphatic hydroxyl groups excluding tert-OH is 1. The van der Waals surface area contributed by atoms with Gasteiger partial charge in [0.2, 0.25) is 5.91 Å². The van der Waals surface area contributed by atoms with Crippen molar-refractivity contribution in [1.82, 2.24) is 9.88 Å². The van der Waals surface area contributed by atoms with E-state index < -0.39 is 0 Å². The molecule has 3 aromatic rings. The highest BCUT2D eigenvalue weighted by molar-refractivity contribution is 5.95. The van der Waals surface area contributed by atoms with Crippen molar-refractivity contribution >= 4 is 16.8 Å². The molecule has 2 aliphatic rings. The first-order valence-corrected chi connectivity index (χ1v) is 9.87. The molecule has 2 aromatic carbocycles. The fraction of sp³-hybridized carbons (Fsp3) is 0.292. The fourth-order valence-corrected chi connectivity index (χ4v) is 4.67. The smallest absolute Gasteiger partial charge is 0.247 e. The number of amides is 1. The molecule has 0 spiro atoms. The first-order valence-electron chi connectivity index (χ1n) is 9.87. The van der Waals surface area contributed by atoms with Gasteiger partial charge in [-0.1, -0.05) is 48.5 Å². The van der Waals surface area contributed by atoms with Crippen molar-refractivity contribution < 1.29 is 9.90 Å². The Morgan fingerprint density at radius 1 is 1.11 bits per heavy atom. The Morgan fingerprint density at radius 3 is 2.54 bits per heavy atom. The number of fused-ring (bicyclic) bond motifs is 5. The van der Waals surface area contributed by atoms with Crippen molar-refractivity contribution in [2.45, 2.75) is 32.2 Å². The van der Waals surface area contributed by atoms with Crippen molar-refractivity contribution in [3.63, 3.8) is 0 Å². The lowest BCUT2D eigenvalue weighted by molar-refractivity contribution is -0.129. The Morgan fingerprint density at radius 2 is 1.79 bits per heavy atom. The lowest BCUT2D eigenvalue weighted by atomic mass is 9.77. The van der Waals surface area contributed by atoms with Gasteiger partial charge in [0.05, 0.1) is 5.69 Å². The first-order chi connectivity index (χ1) is 13.6. The summed E-state index contributed by atoms with van der Waals surface area (Å²) in [6.45, 7) is 4.80. The van der Waals surface area contributed by atoms with E-state index >= 15 is 0 Å². The SMILES string of the molecule is CC1=CC(=O)N2CCc3c([nH]c4ccccc34)[C@]12Cc1ccccc1.CCO. The second-order valence-electron chi connectivity index (χ2n) is 7.43. The van der Waals surface area contributed by atoms with Gasteiger partial charge in [-0.05, 0) is 43.0 Å². The third-order valence-electron chi connectivity index (χ3n) is 5.83. The number of aromatic amines is 1. The van der Waals surface area contributed by atoms with E-state index in [1.165, 1.54) is 22.2 Å². The van der Waals surface area contributed by atoms with Crippen molar-refractivity contribution in [3.05, 3.63) is 83.1 Å². The molecule has 0 saturated carbocycles. The summed E-state index contributed by atoms with van der Waals surface area (Å²) in [6.07, 6.45) is 3.54. The van der Waals surface area contributed by atoms with Gasteiger partial charge in [-0.25, -0.2) is 0 Å². The van der Waals surface area contributed by atoms with Crippen LogP contribution in [0.1, 0.15) is 30.7 Å². The lowest BCUT2D eigenvalue weighted by Crippen LogP contribution is -2.51. The van der Waals surface area contributed by atoms with E-state index in [4.69, 9.17) is 5.11 Å². The van der Waals surface area contributed by atoms with Crippen LogP contribution in [-0.4, -0.2) is 34.0 Å². The molecule has 0 bridgehead atoms. The second kappa shape index (κ2) is 7.28. The van der Waals surface area contributed by atoms with Gasteiger partial charge in [-0.3, -0.25) is 4.79 Å². The normalized spacial score (nSPS) is 20.3. The molecule has 2 aliphatic heterocycles. The Hall–Kier alpha value is -2.85. The molecule has 0 saturated heterocycles. The molecule has 0 aliphatic carbocycles. The predicted molar refractivity (Wildman–Crippen MR) is 112 cm³/mol. The molecule has 2 N–H and O–H groups in total. The molecule has 0 fully saturated rings. The molecule has 3 heterocycles. The van der Waals surface area contributed by atoms with Crippen LogP contribution in [0, 0.1) is 0 Å². The van der Waals surface area contributed by atoms with Crippen LogP contribution in [0.2, 0.25) is 0 Å². The molecule has 1 aromatic heterocycles. The number of aromatic nitrogens is 1. The van der Waals surface area contributed by atoms with Crippen LogP contribution in [0.25, 0.3) is 10.9 Å². The van der Waals surface area contributed by atoms with Crippen LogP contribution < -0.4 is 0 Å². The molecular weight excluding hydrogens is 348 g/mol. The van der Waals surface area contributed by atoms with Crippen LogP contribution in [0.3, 0.4) is 0 Å². The summed E-state index contributed by atoms with van der Waals surface area (Å²) >= 11 is 0. The summed E-state index contributed by atoms with van der Waals surface area (Å²) < 4.78 is 0. The molecule has 1 atom stereocenters. The Labute approximate surface area is 165 Å². The number of nitrogens with zero attached hydrogens (tertiary/aromatic N) is 1. The summed E-state index contributed by atoms with van der Waals surface area (Å²) in [6, 6.07) is 19.0. The Kier molecular flexibility index (Phi) is 4.82. The zero-order valence-electron chi connectivity index (χ0n) is 16.4. The third kappa shape index (κ3) is 2.76. The summed E-state index contributed by atoms with van der Waals surface area (Å²) in [4.78, 5) is 18.4. The van der Waals surface area contributed by atoms with E-state index in [0.717, 1.165) is 30.5 Å². The number of nitrogens with one attached hydrogen (secondary N) is 1. The number of carbonyl (C=O) groups is 1. The summed E-state index contributed by atoms with van der Waals surface area (Å²) in [5.41, 5.74) is 5.73. The van der Waals surface area contributed by atoms with Gasteiger partial charge in [0.1, 0.15) is 5.54 Å². The average Bonchev–Trinajstić information content (AvgIpc) is 3.19. The third-order valence-corrected chi connectivity index (χ3v) is 5.83. The van der Waals surface area contributed by atoms with Crippen LogP contribution in [0.15, 0.2) is 66.2 Å². The highest BCUT2D eigenvalue weighted by Crippen LogP contribution is 2.48. The molecule has 144 valence electrons. The maximum absolute atomic E-state index is 12.7. The van der Waals surface area contributed by atoms with Crippen molar-refractivity contribution in [3.8, 4) is 0 Å². The second-order valence-corrected chi connectivity index (χ2v) is 7.43. The van der Waals surface area contributed by atoms with E-state index in [9.17, 15) is 4.79 Å². The quantitative estimate of drug-likeness (QED) is 0.714. The van der Waals surface area contributed by atoms with Gasteiger partial charge < -0.3 is 15.0 Å². The van der Waals surface area contributed by atoms with Crippen LogP contribution in [0.5, 0.6) is 0 Å². The number of hydrogen-bond donors (Lipinski definition) is 2. The maximum Gasteiger partial charge on any atom is 0.247 e. The zero-order valence-corrected chi connectivity index (χ0v) is 16.4. The standard InChI is InChI=1S/C22H20N2O.C2H6O/c1-15-13-20(25)24-12-11-18-17-9-5-6-10-19(17)23-21(18)22(15,24)14-16-7-3-2-4-8-16;1-2-3/h2-10,13,23H,11-12,14H2,1H3;3H,2H2,1H3/t22-;/m0./s1. The van der Waals surface area contributed by atoms with Crippen LogP contribution in [-0.2, 0) is 23.2 Å². The van der Waals surface area contributed by atoms with E-state index in [-0.39, 0.29) is 18.1 Å². The Balaban J connectivity index is 0.000000604. The van der Waals surface area contributed by atoms with E-state index in [1.54, 1.807) is 6.92 Å². The molecule has 0 unspecified atom stereocenters. The van der Waals surface area contributed by atoms with Gasteiger partial charge in [0.25, 0.3) is 0 Å². The van der Waals surface area contributed by atoms with Gasteiger partial charge >= 0.3 is 0 Å². The fourth-order valence-electron chi connectivity index (χ4n) is 4.67. The van der Waals surface area contributed by atoms with Crippen molar-refractivity contribution in [2.24, 2.45) is 0 Å². The molecule has 5 rings (SSSR count). The summed E-state index contributed by atoms with van der Waals surface area (Å²) in [7, 11) is 0. The monoisotopic (exact) mass is 374 g/mol. The molecule has 0 radical (unpaired) electrons. The van der Waals surface area contributed by atoms with Gasteiger partial charge in [0.15, 0.2) is 0 Å². The van der Waals surface area contributed by atoms with E-state index in [1.807, 2.05) is 12.1 Å². The van der Waals surface area contributed by atoms with Gasteiger partial charge in [0, 0.05) is 36.6 Å². The summed E-state index contributed by atoms with van der Waals surface area (Å²) in [5, 5.41) is 8.86.